The molecule has 1 fully saturated rings. The summed E-state index contributed by atoms with van der Waals surface area (Å²) in [6, 6.07) is 13.5. The quantitative estimate of drug-likeness (QED) is 0.327. The van der Waals surface area contributed by atoms with Gasteiger partial charge in [0.2, 0.25) is 0 Å². The van der Waals surface area contributed by atoms with E-state index in [1.54, 1.807) is 16.8 Å². The van der Waals surface area contributed by atoms with Crippen molar-refractivity contribution < 1.29 is 4.79 Å². The van der Waals surface area contributed by atoms with Gasteiger partial charge < -0.3 is 5.32 Å². The number of nitrogens with zero attached hydrogens (tertiary/aromatic N) is 2. The number of rotatable bonds is 4. The summed E-state index contributed by atoms with van der Waals surface area (Å²) in [5.74, 6) is 0.507. The van der Waals surface area contributed by atoms with Gasteiger partial charge in [0.05, 0.1) is 16.4 Å². The lowest BCUT2D eigenvalue weighted by Crippen LogP contribution is -2.39. The summed E-state index contributed by atoms with van der Waals surface area (Å²) in [5.41, 5.74) is 3.42. The predicted molar refractivity (Wildman–Crippen MR) is 136 cm³/mol. The number of hydrogen-bond donors (Lipinski definition) is 2. The van der Waals surface area contributed by atoms with E-state index in [4.69, 9.17) is 28.3 Å². The van der Waals surface area contributed by atoms with Gasteiger partial charge in [-0.25, -0.2) is 9.48 Å². The molecule has 2 aromatic carbocycles. The molecule has 3 aromatic rings. The standard InChI is InChI=1S/C23H23Cl2IN4O/c1-14-21(15-7-10-17(26)11-8-15)30(20-12-9-16(24)13-19(20)25)29-22(14)28-23(31)27-18-5-3-2-4-6-18/h7-13,18H,2-6H2,1H3,(H2,27,28,29,31). The number of anilines is 1. The van der Waals surface area contributed by atoms with E-state index in [1.165, 1.54) is 6.42 Å². The van der Waals surface area contributed by atoms with Crippen LogP contribution in [0.1, 0.15) is 37.7 Å². The van der Waals surface area contributed by atoms with Gasteiger partial charge in [-0.2, -0.15) is 0 Å². The Bertz CT molecular complexity index is 1090. The van der Waals surface area contributed by atoms with Crippen LogP contribution in [0.3, 0.4) is 0 Å². The van der Waals surface area contributed by atoms with Gasteiger partial charge in [-0.1, -0.05) is 54.6 Å². The summed E-state index contributed by atoms with van der Waals surface area (Å²) in [5, 5.41) is 11.8. The second-order valence-corrected chi connectivity index (χ2v) is 9.86. The Labute approximate surface area is 205 Å². The molecule has 1 saturated carbocycles. The Balaban J connectivity index is 1.71. The third-order valence-electron chi connectivity index (χ3n) is 5.55. The fourth-order valence-electron chi connectivity index (χ4n) is 3.96. The van der Waals surface area contributed by atoms with Crippen LogP contribution >= 0.6 is 45.8 Å². The molecule has 1 aromatic heterocycles. The third-order valence-corrected chi connectivity index (χ3v) is 6.81. The molecule has 4 rings (SSSR count). The van der Waals surface area contributed by atoms with Crippen molar-refractivity contribution in [3.05, 3.63) is 61.6 Å². The molecule has 1 aliphatic rings. The van der Waals surface area contributed by atoms with Crippen LogP contribution in [0, 0.1) is 10.5 Å². The minimum absolute atomic E-state index is 0.220. The number of carbonyl (C=O) groups is 1. The zero-order valence-corrected chi connectivity index (χ0v) is 20.8. The van der Waals surface area contributed by atoms with Crippen LogP contribution in [0.25, 0.3) is 16.9 Å². The summed E-state index contributed by atoms with van der Waals surface area (Å²) in [6.45, 7) is 1.96. The Morgan fingerprint density at radius 2 is 1.81 bits per heavy atom. The van der Waals surface area contributed by atoms with Gasteiger partial charge in [-0.05, 0) is 72.7 Å². The van der Waals surface area contributed by atoms with Crippen LogP contribution in [0.2, 0.25) is 10.0 Å². The fraction of sp³-hybridized carbons (Fsp3) is 0.304. The zero-order chi connectivity index (χ0) is 22.0. The van der Waals surface area contributed by atoms with Crippen molar-refractivity contribution in [1.82, 2.24) is 15.1 Å². The summed E-state index contributed by atoms with van der Waals surface area (Å²) >= 11 is 14.9. The van der Waals surface area contributed by atoms with E-state index in [1.807, 2.05) is 37.3 Å². The normalized spacial score (nSPS) is 14.5. The van der Waals surface area contributed by atoms with Crippen LogP contribution < -0.4 is 10.6 Å². The number of nitrogens with one attached hydrogen (secondary N) is 2. The summed E-state index contributed by atoms with van der Waals surface area (Å²) < 4.78 is 2.91. The van der Waals surface area contributed by atoms with Crippen LogP contribution in [0.4, 0.5) is 10.6 Å². The van der Waals surface area contributed by atoms with Crippen molar-refractivity contribution >= 4 is 57.6 Å². The predicted octanol–water partition coefficient (Wildman–Crippen LogP) is 7.21. The third kappa shape index (κ3) is 5.18. The van der Waals surface area contributed by atoms with Crippen molar-refractivity contribution in [3.63, 3.8) is 0 Å². The molecule has 0 radical (unpaired) electrons. The van der Waals surface area contributed by atoms with Gasteiger partial charge in [-0.3, -0.25) is 5.32 Å². The van der Waals surface area contributed by atoms with Gasteiger partial charge in [0.1, 0.15) is 0 Å². The second-order valence-electron chi connectivity index (χ2n) is 7.77. The average Bonchev–Trinajstić information content (AvgIpc) is 3.05. The molecule has 8 heteroatoms. The molecule has 5 nitrogen and oxygen atoms in total. The van der Waals surface area contributed by atoms with E-state index < -0.39 is 0 Å². The molecule has 0 unspecified atom stereocenters. The van der Waals surface area contributed by atoms with Crippen LogP contribution in [0.15, 0.2) is 42.5 Å². The number of carbonyl (C=O) groups excluding carboxylic acids is 1. The smallest absolute Gasteiger partial charge is 0.320 e. The minimum atomic E-state index is -0.226. The average molecular weight is 569 g/mol. The van der Waals surface area contributed by atoms with Crippen molar-refractivity contribution in [2.24, 2.45) is 0 Å². The molecule has 0 atom stereocenters. The van der Waals surface area contributed by atoms with E-state index in [0.717, 1.165) is 46.1 Å². The van der Waals surface area contributed by atoms with Crippen molar-refractivity contribution in [3.8, 4) is 16.9 Å². The van der Waals surface area contributed by atoms with Crippen LogP contribution in [-0.2, 0) is 0 Å². The van der Waals surface area contributed by atoms with E-state index in [2.05, 4.69) is 33.2 Å². The highest BCUT2D eigenvalue weighted by atomic mass is 127. The lowest BCUT2D eigenvalue weighted by Gasteiger charge is -2.22. The van der Waals surface area contributed by atoms with E-state index >= 15 is 0 Å². The summed E-state index contributed by atoms with van der Waals surface area (Å²) in [4.78, 5) is 12.7. The monoisotopic (exact) mass is 568 g/mol. The van der Waals surface area contributed by atoms with Gasteiger partial charge in [-0.15, -0.1) is 5.10 Å². The first kappa shape index (κ1) is 22.4. The number of urea groups is 1. The molecule has 1 heterocycles. The maximum absolute atomic E-state index is 12.7. The number of amides is 2. The van der Waals surface area contributed by atoms with Crippen LogP contribution in [0.5, 0.6) is 0 Å². The largest absolute Gasteiger partial charge is 0.335 e. The van der Waals surface area contributed by atoms with Crippen molar-refractivity contribution in [1.29, 1.82) is 0 Å². The molecule has 0 spiro atoms. The zero-order valence-electron chi connectivity index (χ0n) is 17.1. The minimum Gasteiger partial charge on any atom is -0.335 e. The van der Waals surface area contributed by atoms with E-state index in [9.17, 15) is 4.79 Å². The Hall–Kier alpha value is -1.77. The van der Waals surface area contributed by atoms with Crippen molar-refractivity contribution in [2.75, 3.05) is 5.32 Å². The molecule has 162 valence electrons. The molecule has 31 heavy (non-hydrogen) atoms. The molecular weight excluding hydrogens is 546 g/mol. The van der Waals surface area contributed by atoms with E-state index in [0.29, 0.717) is 21.6 Å². The lowest BCUT2D eigenvalue weighted by atomic mass is 9.96. The number of hydrogen-bond acceptors (Lipinski definition) is 2. The summed E-state index contributed by atoms with van der Waals surface area (Å²) in [6.07, 6.45) is 5.60. The number of aromatic nitrogens is 2. The first-order chi connectivity index (χ1) is 14.9. The van der Waals surface area contributed by atoms with Gasteiger partial charge in [0.25, 0.3) is 0 Å². The molecule has 2 N–H and O–H groups in total. The maximum atomic E-state index is 12.7. The topological polar surface area (TPSA) is 59.0 Å². The highest BCUT2D eigenvalue weighted by molar-refractivity contribution is 14.1. The fourth-order valence-corrected chi connectivity index (χ4v) is 4.81. The molecule has 0 aliphatic heterocycles. The SMILES string of the molecule is Cc1c(NC(=O)NC2CCCCC2)nn(-c2ccc(Cl)cc2Cl)c1-c1ccc(I)cc1. The highest BCUT2D eigenvalue weighted by Crippen LogP contribution is 2.34. The van der Waals surface area contributed by atoms with E-state index in [-0.39, 0.29) is 12.1 Å². The first-order valence-electron chi connectivity index (χ1n) is 10.3. The van der Waals surface area contributed by atoms with Crippen molar-refractivity contribution in [2.45, 2.75) is 45.1 Å². The Kier molecular flexibility index (Phi) is 7.08. The number of halogens is 3. The maximum Gasteiger partial charge on any atom is 0.320 e. The molecule has 0 saturated heterocycles. The van der Waals surface area contributed by atoms with Gasteiger partial charge in [0, 0.05) is 25.8 Å². The molecule has 0 bridgehead atoms. The molecule has 2 amide bonds. The lowest BCUT2D eigenvalue weighted by molar-refractivity contribution is 0.244. The number of benzene rings is 2. The van der Waals surface area contributed by atoms with Crippen LogP contribution in [-0.4, -0.2) is 21.9 Å². The Morgan fingerprint density at radius 3 is 2.48 bits per heavy atom. The second kappa shape index (κ2) is 9.79. The first-order valence-corrected chi connectivity index (χ1v) is 12.1. The molecular formula is C23H23Cl2IN4O. The highest BCUT2D eigenvalue weighted by Gasteiger charge is 2.22. The van der Waals surface area contributed by atoms with Gasteiger partial charge >= 0.3 is 6.03 Å². The Morgan fingerprint density at radius 1 is 1.10 bits per heavy atom. The van der Waals surface area contributed by atoms with Gasteiger partial charge in [0.15, 0.2) is 5.82 Å². The molecule has 1 aliphatic carbocycles. The summed E-state index contributed by atoms with van der Waals surface area (Å²) in [7, 11) is 0.